The molecule has 3 aromatic rings. The van der Waals surface area contributed by atoms with Gasteiger partial charge in [-0.05, 0) is 36.4 Å². The maximum Gasteiger partial charge on any atom is 0.341 e. The first-order chi connectivity index (χ1) is 12.3. The van der Waals surface area contributed by atoms with Crippen LogP contribution in [0.4, 0.5) is 4.39 Å². The van der Waals surface area contributed by atoms with E-state index < -0.39 is 5.97 Å². The topological polar surface area (TPSA) is 57.0 Å². The molecule has 0 saturated carbocycles. The van der Waals surface area contributed by atoms with E-state index in [1.807, 2.05) is 18.2 Å². The average molecular weight is 353 g/mol. The second-order valence-electron chi connectivity index (χ2n) is 6.99. The molecule has 3 rings (SSSR count). The fourth-order valence-corrected chi connectivity index (χ4v) is 2.36. The van der Waals surface area contributed by atoms with Crippen LogP contribution in [0.5, 0.6) is 0 Å². The van der Waals surface area contributed by atoms with Crippen LogP contribution in [0.25, 0.3) is 5.69 Å². The SMILES string of the molecule is CC(C)(C)c1cccc(COC(=O)c2cnn(-c3ccc(F)cc3)c2)n1. The number of halogens is 1. The van der Waals surface area contributed by atoms with Crippen molar-refractivity contribution in [3.63, 3.8) is 0 Å². The number of aromatic nitrogens is 3. The van der Waals surface area contributed by atoms with E-state index in [2.05, 4.69) is 30.9 Å². The number of benzene rings is 1. The molecule has 5 nitrogen and oxygen atoms in total. The van der Waals surface area contributed by atoms with Gasteiger partial charge in [0.05, 0.1) is 23.1 Å². The molecule has 6 heteroatoms. The summed E-state index contributed by atoms with van der Waals surface area (Å²) in [5.41, 5.74) is 2.54. The van der Waals surface area contributed by atoms with E-state index in [4.69, 9.17) is 4.74 Å². The van der Waals surface area contributed by atoms with Crippen LogP contribution in [0.2, 0.25) is 0 Å². The van der Waals surface area contributed by atoms with Crippen molar-refractivity contribution in [2.45, 2.75) is 32.8 Å². The van der Waals surface area contributed by atoms with Gasteiger partial charge in [0.15, 0.2) is 0 Å². The highest BCUT2D eigenvalue weighted by atomic mass is 19.1. The van der Waals surface area contributed by atoms with E-state index in [1.54, 1.807) is 18.3 Å². The Balaban J connectivity index is 1.67. The zero-order valence-corrected chi connectivity index (χ0v) is 14.9. The van der Waals surface area contributed by atoms with E-state index in [-0.39, 0.29) is 17.8 Å². The van der Waals surface area contributed by atoms with E-state index in [0.29, 0.717) is 16.9 Å². The lowest BCUT2D eigenvalue weighted by Crippen LogP contribution is -2.15. The number of hydrogen-bond donors (Lipinski definition) is 0. The lowest BCUT2D eigenvalue weighted by molar-refractivity contribution is 0.0467. The number of nitrogens with zero attached hydrogens (tertiary/aromatic N) is 3. The summed E-state index contributed by atoms with van der Waals surface area (Å²) in [6.45, 7) is 6.32. The lowest BCUT2D eigenvalue weighted by Gasteiger charge is -2.18. The van der Waals surface area contributed by atoms with E-state index in [9.17, 15) is 9.18 Å². The Morgan fingerprint density at radius 2 is 1.88 bits per heavy atom. The molecule has 0 amide bonds. The highest BCUT2D eigenvalue weighted by Crippen LogP contribution is 2.20. The first kappa shape index (κ1) is 17.8. The Morgan fingerprint density at radius 1 is 1.15 bits per heavy atom. The predicted octanol–water partition coefficient (Wildman–Crippen LogP) is 4.06. The third-order valence-electron chi connectivity index (χ3n) is 3.84. The Labute approximate surface area is 151 Å². The number of hydrogen-bond acceptors (Lipinski definition) is 4. The molecule has 2 heterocycles. The fraction of sp³-hybridized carbons (Fsp3) is 0.250. The molecule has 1 aromatic carbocycles. The van der Waals surface area contributed by atoms with Gasteiger partial charge in [0, 0.05) is 17.3 Å². The standard InChI is InChI=1S/C20H20FN3O2/c1-20(2,3)18-6-4-5-16(23-18)13-26-19(25)14-11-22-24(12-14)17-9-7-15(21)8-10-17/h4-12H,13H2,1-3H3. The first-order valence-corrected chi connectivity index (χ1v) is 8.27. The second kappa shape index (κ2) is 7.07. The largest absolute Gasteiger partial charge is 0.455 e. The van der Waals surface area contributed by atoms with Gasteiger partial charge in [0.1, 0.15) is 12.4 Å². The van der Waals surface area contributed by atoms with Gasteiger partial charge in [-0.3, -0.25) is 4.98 Å². The van der Waals surface area contributed by atoms with Crippen molar-refractivity contribution in [1.29, 1.82) is 0 Å². The molecule has 0 fully saturated rings. The van der Waals surface area contributed by atoms with Crippen molar-refractivity contribution in [2.24, 2.45) is 0 Å². The van der Waals surface area contributed by atoms with Crippen molar-refractivity contribution in [2.75, 3.05) is 0 Å². The maximum absolute atomic E-state index is 13.0. The summed E-state index contributed by atoms with van der Waals surface area (Å²) in [6.07, 6.45) is 2.97. The summed E-state index contributed by atoms with van der Waals surface area (Å²) in [5, 5.41) is 4.12. The van der Waals surface area contributed by atoms with Gasteiger partial charge in [-0.25, -0.2) is 13.9 Å². The Bertz CT molecular complexity index is 911. The highest BCUT2D eigenvalue weighted by molar-refractivity contribution is 5.88. The minimum absolute atomic E-state index is 0.0731. The Morgan fingerprint density at radius 3 is 2.58 bits per heavy atom. The first-order valence-electron chi connectivity index (χ1n) is 8.27. The van der Waals surface area contributed by atoms with Crippen LogP contribution in [-0.4, -0.2) is 20.7 Å². The normalized spacial score (nSPS) is 11.4. The van der Waals surface area contributed by atoms with Crippen LogP contribution in [-0.2, 0) is 16.8 Å². The minimum atomic E-state index is -0.485. The van der Waals surface area contributed by atoms with E-state index in [1.165, 1.54) is 23.0 Å². The van der Waals surface area contributed by atoms with Crippen LogP contribution in [0, 0.1) is 5.82 Å². The molecule has 0 aliphatic heterocycles. The summed E-state index contributed by atoms with van der Waals surface area (Å²) >= 11 is 0. The van der Waals surface area contributed by atoms with Gasteiger partial charge in [-0.2, -0.15) is 5.10 Å². The van der Waals surface area contributed by atoms with E-state index >= 15 is 0 Å². The molecule has 0 spiro atoms. The molecule has 0 atom stereocenters. The third-order valence-corrected chi connectivity index (χ3v) is 3.84. The highest BCUT2D eigenvalue weighted by Gasteiger charge is 2.16. The quantitative estimate of drug-likeness (QED) is 0.664. The third kappa shape index (κ3) is 4.14. The van der Waals surface area contributed by atoms with Crippen molar-refractivity contribution < 1.29 is 13.9 Å². The Kier molecular flexibility index (Phi) is 4.84. The van der Waals surface area contributed by atoms with Gasteiger partial charge in [-0.15, -0.1) is 0 Å². The molecule has 0 N–H and O–H groups in total. The number of carbonyl (C=O) groups excluding carboxylic acids is 1. The number of ether oxygens (including phenoxy) is 1. The molecule has 2 aromatic heterocycles. The summed E-state index contributed by atoms with van der Waals surface area (Å²) in [7, 11) is 0. The molecular weight excluding hydrogens is 333 g/mol. The predicted molar refractivity (Wildman–Crippen MR) is 95.6 cm³/mol. The van der Waals surface area contributed by atoms with Crippen molar-refractivity contribution in [3.05, 3.63) is 77.6 Å². The van der Waals surface area contributed by atoms with Crippen LogP contribution < -0.4 is 0 Å². The summed E-state index contributed by atoms with van der Waals surface area (Å²) in [5.74, 6) is -0.813. The van der Waals surface area contributed by atoms with Gasteiger partial charge < -0.3 is 4.74 Å². The van der Waals surface area contributed by atoms with Crippen molar-refractivity contribution >= 4 is 5.97 Å². The summed E-state index contributed by atoms with van der Waals surface area (Å²) < 4.78 is 19.8. The number of rotatable bonds is 4. The monoisotopic (exact) mass is 353 g/mol. The van der Waals surface area contributed by atoms with Gasteiger partial charge in [0.2, 0.25) is 0 Å². The number of esters is 1. The molecule has 0 saturated heterocycles. The molecule has 0 aliphatic carbocycles. The van der Waals surface area contributed by atoms with Crippen LogP contribution >= 0.6 is 0 Å². The molecule has 26 heavy (non-hydrogen) atoms. The fourth-order valence-electron chi connectivity index (χ4n) is 2.36. The molecular formula is C20H20FN3O2. The smallest absolute Gasteiger partial charge is 0.341 e. The van der Waals surface area contributed by atoms with E-state index in [0.717, 1.165) is 5.69 Å². The van der Waals surface area contributed by atoms with Crippen LogP contribution in [0.1, 0.15) is 42.5 Å². The zero-order chi connectivity index (χ0) is 18.7. The van der Waals surface area contributed by atoms with Crippen molar-refractivity contribution in [1.82, 2.24) is 14.8 Å². The lowest BCUT2D eigenvalue weighted by atomic mass is 9.91. The Hall–Kier alpha value is -3.02. The molecule has 0 unspecified atom stereocenters. The average Bonchev–Trinajstić information content (AvgIpc) is 3.10. The van der Waals surface area contributed by atoms with Gasteiger partial charge in [-0.1, -0.05) is 26.8 Å². The zero-order valence-electron chi connectivity index (χ0n) is 14.9. The maximum atomic E-state index is 13.0. The van der Waals surface area contributed by atoms with Crippen LogP contribution in [0.3, 0.4) is 0 Å². The second-order valence-corrected chi connectivity index (χ2v) is 6.99. The van der Waals surface area contributed by atoms with Gasteiger partial charge >= 0.3 is 5.97 Å². The number of pyridine rings is 1. The molecule has 134 valence electrons. The van der Waals surface area contributed by atoms with Crippen LogP contribution in [0.15, 0.2) is 54.9 Å². The molecule has 0 bridgehead atoms. The van der Waals surface area contributed by atoms with Crippen molar-refractivity contribution in [3.8, 4) is 5.69 Å². The molecule has 0 radical (unpaired) electrons. The molecule has 0 aliphatic rings. The number of carbonyl (C=O) groups is 1. The van der Waals surface area contributed by atoms with Gasteiger partial charge in [0.25, 0.3) is 0 Å². The minimum Gasteiger partial charge on any atom is -0.455 e. The summed E-state index contributed by atoms with van der Waals surface area (Å²) in [4.78, 5) is 16.8. The summed E-state index contributed by atoms with van der Waals surface area (Å²) in [6, 6.07) is 11.5.